The number of ether oxygens (including phenoxy) is 1. The van der Waals surface area contributed by atoms with Gasteiger partial charge in [0.2, 0.25) is 0 Å². The summed E-state index contributed by atoms with van der Waals surface area (Å²) < 4.78 is 41.6. The van der Waals surface area contributed by atoms with E-state index in [1.807, 2.05) is 7.05 Å². The zero-order chi connectivity index (χ0) is 18.4. The smallest absolute Gasteiger partial charge is 0.385 e. The lowest BCUT2D eigenvalue weighted by Crippen LogP contribution is -2.42. The van der Waals surface area contributed by atoms with Crippen molar-refractivity contribution < 1.29 is 17.9 Å². The molecule has 10 heteroatoms. The van der Waals surface area contributed by atoms with Gasteiger partial charge in [0, 0.05) is 46.9 Å². The molecular formula is C15H33F3IN5O. The first-order valence-electron chi connectivity index (χ1n) is 8.15. The summed E-state index contributed by atoms with van der Waals surface area (Å²) in [5.41, 5.74) is 0. The maximum absolute atomic E-state index is 12.2. The Morgan fingerprint density at radius 2 is 1.60 bits per heavy atom. The molecule has 0 saturated carbocycles. The van der Waals surface area contributed by atoms with E-state index in [4.69, 9.17) is 4.74 Å². The van der Waals surface area contributed by atoms with Gasteiger partial charge in [-0.05, 0) is 33.5 Å². The van der Waals surface area contributed by atoms with Crippen LogP contribution in [0.25, 0.3) is 0 Å². The summed E-state index contributed by atoms with van der Waals surface area (Å²) in [5, 5.41) is 6.30. The lowest BCUT2D eigenvalue weighted by Gasteiger charge is -2.19. The van der Waals surface area contributed by atoms with Crippen LogP contribution in [-0.2, 0) is 4.74 Å². The number of rotatable bonds is 12. The maximum atomic E-state index is 12.2. The van der Waals surface area contributed by atoms with Gasteiger partial charge in [-0.1, -0.05) is 0 Å². The average molecular weight is 483 g/mol. The van der Waals surface area contributed by atoms with E-state index in [1.54, 1.807) is 14.2 Å². The first-order chi connectivity index (χ1) is 11.3. The quantitative estimate of drug-likeness (QED) is 0.191. The molecule has 0 aromatic carbocycles. The number of nitrogens with one attached hydrogen (secondary N) is 2. The van der Waals surface area contributed by atoms with Gasteiger partial charge in [-0.15, -0.1) is 24.0 Å². The summed E-state index contributed by atoms with van der Waals surface area (Å²) >= 11 is 0. The van der Waals surface area contributed by atoms with Crippen molar-refractivity contribution in [2.75, 3.05) is 74.1 Å². The molecule has 152 valence electrons. The fourth-order valence-electron chi connectivity index (χ4n) is 2.12. The Bertz CT molecular complexity index is 346. The molecule has 0 aliphatic heterocycles. The molecule has 0 amide bonds. The highest BCUT2D eigenvalue weighted by Gasteiger charge is 2.28. The summed E-state index contributed by atoms with van der Waals surface area (Å²) in [6.45, 7) is 3.42. The van der Waals surface area contributed by atoms with Crippen molar-refractivity contribution in [2.45, 2.75) is 19.0 Å². The number of hydrogen-bond acceptors (Lipinski definition) is 4. The zero-order valence-electron chi connectivity index (χ0n) is 15.7. The van der Waals surface area contributed by atoms with Gasteiger partial charge in [-0.25, -0.2) is 0 Å². The molecule has 0 spiro atoms. The number of guanidine groups is 1. The van der Waals surface area contributed by atoms with Crippen molar-refractivity contribution in [1.29, 1.82) is 0 Å². The zero-order valence-corrected chi connectivity index (χ0v) is 18.0. The summed E-state index contributed by atoms with van der Waals surface area (Å²) in [6.07, 6.45) is -2.54. The van der Waals surface area contributed by atoms with Gasteiger partial charge in [0.05, 0.1) is 6.54 Å². The Kier molecular flexibility index (Phi) is 17.1. The van der Waals surface area contributed by atoms with E-state index < -0.39 is 12.7 Å². The molecule has 0 fully saturated rings. The molecule has 0 aliphatic rings. The van der Waals surface area contributed by atoms with Crippen LogP contribution in [0.2, 0.25) is 0 Å². The van der Waals surface area contributed by atoms with Crippen LogP contribution in [0.3, 0.4) is 0 Å². The van der Waals surface area contributed by atoms with Crippen molar-refractivity contribution >= 4 is 29.9 Å². The van der Waals surface area contributed by atoms with Crippen LogP contribution in [0.15, 0.2) is 4.99 Å². The number of nitrogens with zero attached hydrogens (tertiary/aromatic N) is 3. The first kappa shape index (κ1) is 26.9. The SMILES string of the molecule is CN=C(NCCCN(C)CC(F)(F)F)NCCN(C)CCCOC.I. The first-order valence-corrected chi connectivity index (χ1v) is 8.15. The van der Waals surface area contributed by atoms with Crippen LogP contribution in [0.5, 0.6) is 0 Å². The molecule has 0 heterocycles. The lowest BCUT2D eigenvalue weighted by molar-refractivity contribution is -0.143. The Morgan fingerprint density at radius 1 is 1.00 bits per heavy atom. The van der Waals surface area contributed by atoms with Crippen molar-refractivity contribution in [1.82, 2.24) is 20.4 Å². The lowest BCUT2D eigenvalue weighted by atomic mass is 10.4. The molecule has 0 saturated heterocycles. The normalized spacial score (nSPS) is 12.4. The third-order valence-corrected chi connectivity index (χ3v) is 3.36. The number of methoxy groups -OCH3 is 1. The molecule has 25 heavy (non-hydrogen) atoms. The van der Waals surface area contributed by atoms with Gasteiger partial charge in [0.1, 0.15) is 0 Å². The fourth-order valence-corrected chi connectivity index (χ4v) is 2.12. The van der Waals surface area contributed by atoms with Gasteiger partial charge in [-0.2, -0.15) is 13.2 Å². The number of hydrogen-bond donors (Lipinski definition) is 2. The van der Waals surface area contributed by atoms with E-state index in [-0.39, 0.29) is 24.0 Å². The largest absolute Gasteiger partial charge is 0.401 e. The molecule has 0 aromatic rings. The molecule has 0 unspecified atom stereocenters. The van der Waals surface area contributed by atoms with Crippen molar-refractivity contribution in [3.63, 3.8) is 0 Å². The second-order valence-electron chi connectivity index (χ2n) is 5.78. The predicted octanol–water partition coefficient (Wildman–Crippen LogP) is 1.62. The van der Waals surface area contributed by atoms with Crippen LogP contribution in [-0.4, -0.2) is 96.1 Å². The Labute approximate surface area is 166 Å². The highest BCUT2D eigenvalue weighted by atomic mass is 127. The summed E-state index contributed by atoms with van der Waals surface area (Å²) in [7, 11) is 6.88. The molecule has 6 nitrogen and oxygen atoms in total. The number of aliphatic imine (C=N–C) groups is 1. The van der Waals surface area contributed by atoms with Gasteiger partial charge in [0.15, 0.2) is 5.96 Å². The van der Waals surface area contributed by atoms with E-state index in [9.17, 15) is 13.2 Å². The van der Waals surface area contributed by atoms with Crippen molar-refractivity contribution in [2.24, 2.45) is 4.99 Å². The van der Waals surface area contributed by atoms with Crippen molar-refractivity contribution in [3.05, 3.63) is 0 Å². The highest BCUT2D eigenvalue weighted by molar-refractivity contribution is 14.0. The van der Waals surface area contributed by atoms with E-state index in [1.165, 1.54) is 11.9 Å². The molecule has 0 aliphatic carbocycles. The molecule has 0 rings (SSSR count). The van der Waals surface area contributed by atoms with Crippen LogP contribution < -0.4 is 10.6 Å². The minimum Gasteiger partial charge on any atom is -0.385 e. The minimum absolute atomic E-state index is 0. The standard InChI is InChI=1S/C15H32F3N5O.HI/c1-19-14(21-8-11-22(2)10-6-12-24-4)20-7-5-9-23(3)13-15(16,17)18;/h5-13H2,1-4H3,(H2,19,20,21);1H. The Hall–Kier alpha value is -0.330. The number of halogens is 4. The van der Waals surface area contributed by atoms with Gasteiger partial charge in [0.25, 0.3) is 0 Å². The summed E-state index contributed by atoms with van der Waals surface area (Å²) in [4.78, 5) is 7.57. The van der Waals surface area contributed by atoms with Crippen LogP contribution in [0.4, 0.5) is 13.2 Å². The van der Waals surface area contributed by atoms with E-state index in [2.05, 4.69) is 20.5 Å². The molecule has 0 aromatic heterocycles. The van der Waals surface area contributed by atoms with E-state index in [0.29, 0.717) is 25.5 Å². The van der Waals surface area contributed by atoms with Crippen molar-refractivity contribution in [3.8, 4) is 0 Å². The molecule has 2 N–H and O–H groups in total. The van der Waals surface area contributed by atoms with Gasteiger partial charge in [-0.3, -0.25) is 9.89 Å². The fraction of sp³-hybridized carbons (Fsp3) is 0.933. The number of likely N-dealkylation sites (N-methyl/N-ethyl adjacent to an activating group) is 1. The second kappa shape index (κ2) is 15.9. The average Bonchev–Trinajstić information content (AvgIpc) is 2.48. The number of alkyl halides is 3. The second-order valence-corrected chi connectivity index (χ2v) is 5.78. The Morgan fingerprint density at radius 3 is 2.16 bits per heavy atom. The van der Waals surface area contributed by atoms with Gasteiger partial charge < -0.3 is 20.3 Å². The van der Waals surface area contributed by atoms with Crippen LogP contribution in [0, 0.1) is 0 Å². The molecular weight excluding hydrogens is 450 g/mol. The topological polar surface area (TPSA) is 52.1 Å². The third-order valence-electron chi connectivity index (χ3n) is 3.36. The Balaban J connectivity index is 0. The monoisotopic (exact) mass is 483 g/mol. The summed E-state index contributed by atoms with van der Waals surface area (Å²) in [5.74, 6) is 0.666. The van der Waals surface area contributed by atoms with E-state index >= 15 is 0 Å². The molecule has 0 atom stereocenters. The van der Waals surface area contributed by atoms with Crippen LogP contribution >= 0.6 is 24.0 Å². The van der Waals surface area contributed by atoms with Crippen LogP contribution in [0.1, 0.15) is 12.8 Å². The highest BCUT2D eigenvalue weighted by Crippen LogP contribution is 2.15. The van der Waals surface area contributed by atoms with Gasteiger partial charge >= 0.3 is 6.18 Å². The predicted molar refractivity (Wildman–Crippen MR) is 107 cm³/mol. The molecule has 0 radical (unpaired) electrons. The summed E-state index contributed by atoms with van der Waals surface area (Å²) in [6, 6.07) is 0. The maximum Gasteiger partial charge on any atom is 0.401 e. The third kappa shape index (κ3) is 18.3. The van der Waals surface area contributed by atoms with E-state index in [0.717, 1.165) is 32.7 Å². The molecule has 0 bridgehead atoms. The minimum atomic E-state index is -4.14.